The summed E-state index contributed by atoms with van der Waals surface area (Å²) in [6.45, 7) is 2.05. The molecular weight excluding hydrogens is 446 g/mol. The number of nitrogens with zero attached hydrogens (tertiary/aromatic N) is 1. The molecule has 176 valence electrons. The Morgan fingerprint density at radius 2 is 1.91 bits per heavy atom. The molecule has 0 bridgehead atoms. The highest BCUT2D eigenvalue weighted by atomic mass is 35.5. The van der Waals surface area contributed by atoms with E-state index in [-0.39, 0.29) is 18.6 Å². The molecule has 0 saturated carbocycles. The molecule has 5 heteroatoms. The van der Waals surface area contributed by atoms with Gasteiger partial charge in [0, 0.05) is 16.3 Å². The fourth-order valence-corrected chi connectivity index (χ4v) is 4.53. The molecule has 1 aliphatic heterocycles. The molecule has 0 fully saturated rings. The standard InChI is InChI=1S/C29H30ClNO3/c1-2-33-29(32)20-34-24-16-14-22(15-17-24)21-8-4-3-5-9-23(13-12-21)27-18-19-28(31-27)25-10-6-7-11-26(25)30/h4,6-8,10-17,27H,2-3,5,9,18-20H2,1H3/b8-4-,21-12+,23-13+. The number of carbonyl (C=O) groups is 1. The molecule has 4 nitrogen and oxygen atoms in total. The summed E-state index contributed by atoms with van der Waals surface area (Å²) >= 11 is 6.41. The Morgan fingerprint density at radius 3 is 2.71 bits per heavy atom. The first-order valence-corrected chi connectivity index (χ1v) is 12.3. The first kappa shape index (κ1) is 24.0. The zero-order chi connectivity index (χ0) is 23.8. The number of hydrogen-bond donors (Lipinski definition) is 0. The second-order valence-corrected chi connectivity index (χ2v) is 8.79. The number of hydrogen-bond acceptors (Lipinski definition) is 4. The number of carbonyl (C=O) groups excluding carboxylic acids is 1. The van der Waals surface area contributed by atoms with Crippen molar-refractivity contribution >= 4 is 28.9 Å². The Morgan fingerprint density at radius 1 is 1.09 bits per heavy atom. The van der Waals surface area contributed by atoms with E-state index in [0.717, 1.165) is 59.5 Å². The average molecular weight is 476 g/mol. The van der Waals surface area contributed by atoms with Crippen LogP contribution in [0.5, 0.6) is 5.75 Å². The predicted octanol–water partition coefficient (Wildman–Crippen LogP) is 6.98. The Labute approximate surface area is 206 Å². The second kappa shape index (κ2) is 11.8. The summed E-state index contributed by atoms with van der Waals surface area (Å²) in [7, 11) is 0. The minimum atomic E-state index is -0.363. The van der Waals surface area contributed by atoms with Crippen LogP contribution in [0, 0.1) is 0 Å². The summed E-state index contributed by atoms with van der Waals surface area (Å²) in [4.78, 5) is 16.6. The Bertz CT molecular complexity index is 1130. The van der Waals surface area contributed by atoms with E-state index in [1.807, 2.05) is 42.5 Å². The van der Waals surface area contributed by atoms with Gasteiger partial charge in [0.05, 0.1) is 12.6 Å². The molecule has 1 unspecified atom stereocenters. The van der Waals surface area contributed by atoms with Gasteiger partial charge in [-0.2, -0.15) is 0 Å². The monoisotopic (exact) mass is 475 g/mol. The minimum absolute atomic E-state index is 0.0834. The molecule has 1 atom stereocenters. The fraction of sp³-hybridized carbons (Fsp3) is 0.310. The van der Waals surface area contributed by atoms with Crippen molar-refractivity contribution in [3.63, 3.8) is 0 Å². The molecule has 34 heavy (non-hydrogen) atoms. The minimum Gasteiger partial charge on any atom is -0.482 e. The van der Waals surface area contributed by atoms with E-state index in [1.165, 1.54) is 5.57 Å². The summed E-state index contributed by atoms with van der Waals surface area (Å²) in [5.41, 5.74) is 5.78. The van der Waals surface area contributed by atoms with Crippen LogP contribution in [0.15, 0.2) is 83.4 Å². The van der Waals surface area contributed by atoms with Crippen LogP contribution in [0.25, 0.3) is 5.57 Å². The summed E-state index contributed by atoms with van der Waals surface area (Å²) < 4.78 is 10.4. The smallest absolute Gasteiger partial charge is 0.344 e. The van der Waals surface area contributed by atoms with Gasteiger partial charge in [0.15, 0.2) is 6.61 Å². The third-order valence-corrected chi connectivity index (χ3v) is 6.37. The third kappa shape index (κ3) is 6.27. The molecule has 2 aromatic rings. The zero-order valence-electron chi connectivity index (χ0n) is 19.5. The topological polar surface area (TPSA) is 47.9 Å². The average Bonchev–Trinajstić information content (AvgIpc) is 3.37. The predicted molar refractivity (Wildman–Crippen MR) is 139 cm³/mol. The van der Waals surface area contributed by atoms with Crippen molar-refractivity contribution in [3.05, 3.63) is 94.6 Å². The largest absolute Gasteiger partial charge is 0.482 e. The molecule has 2 aliphatic rings. The first-order chi connectivity index (χ1) is 16.6. The van der Waals surface area contributed by atoms with Gasteiger partial charge in [0.1, 0.15) is 5.75 Å². The van der Waals surface area contributed by atoms with Crippen molar-refractivity contribution in [1.82, 2.24) is 0 Å². The molecule has 1 aliphatic carbocycles. The van der Waals surface area contributed by atoms with Gasteiger partial charge < -0.3 is 9.47 Å². The molecule has 2 aromatic carbocycles. The van der Waals surface area contributed by atoms with Gasteiger partial charge in [-0.3, -0.25) is 4.99 Å². The quantitative estimate of drug-likeness (QED) is 0.405. The summed E-state index contributed by atoms with van der Waals surface area (Å²) in [5.74, 6) is 0.284. The number of esters is 1. The van der Waals surface area contributed by atoms with E-state index in [2.05, 4.69) is 30.4 Å². The van der Waals surface area contributed by atoms with Crippen molar-refractivity contribution in [2.45, 2.75) is 45.1 Å². The zero-order valence-corrected chi connectivity index (χ0v) is 20.3. The Kier molecular flexibility index (Phi) is 8.37. The van der Waals surface area contributed by atoms with Crippen molar-refractivity contribution in [3.8, 4) is 5.75 Å². The Hall–Kier alpha value is -3.11. The molecule has 0 saturated heterocycles. The van der Waals surface area contributed by atoms with Gasteiger partial charge in [0.2, 0.25) is 0 Å². The first-order valence-electron chi connectivity index (χ1n) is 11.9. The van der Waals surface area contributed by atoms with E-state index >= 15 is 0 Å². The van der Waals surface area contributed by atoms with E-state index in [4.69, 9.17) is 26.1 Å². The van der Waals surface area contributed by atoms with Crippen molar-refractivity contribution in [1.29, 1.82) is 0 Å². The van der Waals surface area contributed by atoms with E-state index in [0.29, 0.717) is 12.4 Å². The van der Waals surface area contributed by atoms with Gasteiger partial charge in [-0.25, -0.2) is 4.79 Å². The van der Waals surface area contributed by atoms with Gasteiger partial charge in [0.25, 0.3) is 0 Å². The molecule has 4 rings (SSSR count). The second-order valence-electron chi connectivity index (χ2n) is 8.39. The van der Waals surface area contributed by atoms with Crippen LogP contribution < -0.4 is 4.74 Å². The van der Waals surface area contributed by atoms with E-state index in [9.17, 15) is 4.79 Å². The lowest BCUT2D eigenvalue weighted by Crippen LogP contribution is -2.14. The SMILES string of the molecule is CCOC(=O)COc1ccc(C2=C/C=C(/C3CCC(c4ccccc4Cl)=N3)CCC/C=C\2)cc1. The lowest BCUT2D eigenvalue weighted by Gasteiger charge is -2.11. The lowest BCUT2D eigenvalue weighted by atomic mass is 9.98. The Balaban J connectivity index is 1.50. The number of aliphatic imine (C=N–C) groups is 1. The number of allylic oxidation sites excluding steroid dienone is 5. The lowest BCUT2D eigenvalue weighted by molar-refractivity contribution is -0.145. The van der Waals surface area contributed by atoms with Gasteiger partial charge >= 0.3 is 5.97 Å². The highest BCUT2D eigenvalue weighted by Gasteiger charge is 2.22. The maximum Gasteiger partial charge on any atom is 0.344 e. The van der Waals surface area contributed by atoms with Crippen LogP contribution >= 0.6 is 11.6 Å². The maximum atomic E-state index is 11.5. The van der Waals surface area contributed by atoms with E-state index in [1.54, 1.807) is 6.92 Å². The van der Waals surface area contributed by atoms with Crippen molar-refractivity contribution in [2.75, 3.05) is 13.2 Å². The van der Waals surface area contributed by atoms with Gasteiger partial charge in [-0.05, 0) is 73.9 Å². The fourth-order valence-electron chi connectivity index (χ4n) is 4.29. The van der Waals surface area contributed by atoms with E-state index < -0.39 is 0 Å². The molecule has 0 radical (unpaired) electrons. The molecule has 1 heterocycles. The van der Waals surface area contributed by atoms with Crippen LogP contribution in [0.4, 0.5) is 0 Å². The van der Waals surface area contributed by atoms with Crippen molar-refractivity contribution in [2.24, 2.45) is 4.99 Å². The maximum absolute atomic E-state index is 11.5. The van der Waals surface area contributed by atoms with Gasteiger partial charge in [-0.1, -0.05) is 66.2 Å². The number of rotatable bonds is 7. The number of halogens is 1. The van der Waals surface area contributed by atoms with Crippen LogP contribution in [0.1, 0.15) is 50.2 Å². The van der Waals surface area contributed by atoms with Crippen LogP contribution in [-0.2, 0) is 9.53 Å². The van der Waals surface area contributed by atoms with Crippen LogP contribution in [0.3, 0.4) is 0 Å². The van der Waals surface area contributed by atoms with Crippen molar-refractivity contribution < 1.29 is 14.3 Å². The highest BCUT2D eigenvalue weighted by Crippen LogP contribution is 2.30. The molecule has 0 N–H and O–H groups in total. The molecular formula is C29H30ClNO3. The van der Waals surface area contributed by atoms with Crippen LogP contribution in [0.2, 0.25) is 5.02 Å². The van der Waals surface area contributed by atoms with Crippen LogP contribution in [-0.4, -0.2) is 30.9 Å². The summed E-state index contributed by atoms with van der Waals surface area (Å²) in [6, 6.07) is 16.0. The molecule has 0 aromatic heterocycles. The molecule has 0 spiro atoms. The molecule has 0 amide bonds. The number of ether oxygens (including phenoxy) is 2. The highest BCUT2D eigenvalue weighted by molar-refractivity contribution is 6.34. The summed E-state index contributed by atoms with van der Waals surface area (Å²) in [5, 5.41) is 0.770. The number of benzene rings is 2. The third-order valence-electron chi connectivity index (χ3n) is 6.04. The van der Waals surface area contributed by atoms with Gasteiger partial charge in [-0.15, -0.1) is 0 Å². The normalized spacial score (nSPS) is 22.2. The summed E-state index contributed by atoms with van der Waals surface area (Å²) in [6.07, 6.45) is 14.0.